The summed E-state index contributed by atoms with van der Waals surface area (Å²) in [6.07, 6.45) is 20.2. The molecule has 0 saturated heterocycles. The van der Waals surface area contributed by atoms with E-state index in [9.17, 15) is 0 Å². The fraction of sp³-hybridized carbons (Fsp3) is 1.00. The second-order valence-corrected chi connectivity index (χ2v) is 8.73. The Morgan fingerprint density at radius 3 is 1.08 bits per heavy atom. The molecule has 0 aliphatic heterocycles. The second-order valence-electron chi connectivity index (χ2n) is 8.32. The van der Waals surface area contributed by atoms with Crippen LogP contribution in [0.3, 0.4) is 0 Å². The Morgan fingerprint density at radius 2 is 0.833 bits per heavy atom. The van der Waals surface area contributed by atoms with Crippen LogP contribution in [0.15, 0.2) is 0 Å². The van der Waals surface area contributed by atoms with Crippen LogP contribution in [0.5, 0.6) is 0 Å². The van der Waals surface area contributed by atoms with Crippen LogP contribution in [0.25, 0.3) is 0 Å². The minimum Gasteiger partial charge on any atom is -0.387 e. The van der Waals surface area contributed by atoms with Crippen molar-refractivity contribution in [3.05, 3.63) is 0 Å². The van der Waals surface area contributed by atoms with E-state index in [-0.39, 0.29) is 0 Å². The molecule has 0 unspecified atom stereocenters. The highest BCUT2D eigenvalue weighted by Gasteiger charge is 2.37. The maximum atomic E-state index is 6.25. The Balaban J connectivity index is 1.65. The zero-order chi connectivity index (χ0) is 16.7. The highest BCUT2D eigenvalue weighted by atomic mass is 28.2. The normalized spacial score (nSPS) is 26.0. The summed E-state index contributed by atoms with van der Waals surface area (Å²) in [5.74, 6) is -0.474. The molecule has 3 aliphatic rings. The summed E-state index contributed by atoms with van der Waals surface area (Å²) in [5.41, 5.74) is 0. The minimum absolute atomic E-state index is 0.474. The van der Waals surface area contributed by atoms with E-state index in [1.807, 2.05) is 0 Å². The first-order chi connectivity index (χ1) is 11.8. The van der Waals surface area contributed by atoms with Crippen molar-refractivity contribution in [2.45, 2.75) is 120 Å². The van der Waals surface area contributed by atoms with Crippen molar-refractivity contribution in [3.63, 3.8) is 0 Å². The predicted octanol–water partition coefficient (Wildman–Crippen LogP) is 2.66. The van der Waals surface area contributed by atoms with Gasteiger partial charge in [0.1, 0.15) is 0 Å². The maximum absolute atomic E-state index is 6.25. The van der Waals surface area contributed by atoms with Crippen molar-refractivity contribution in [2.75, 3.05) is 0 Å². The third kappa shape index (κ3) is 5.53. The van der Waals surface area contributed by atoms with Gasteiger partial charge < -0.3 is 4.43 Å². The first-order valence-electron chi connectivity index (χ1n) is 10.7. The molecule has 0 spiro atoms. The van der Waals surface area contributed by atoms with Crippen molar-refractivity contribution in [1.29, 1.82) is 0 Å². The quantitative estimate of drug-likeness (QED) is 0.486. The smallest absolute Gasteiger partial charge is 0.225 e. The molecule has 140 valence electrons. The SMILES string of the molecule is [SiH3]OC(NC1CCCCC1)(NC1CCCCC1)NC1CCCCC1. The third-order valence-corrected chi connectivity index (χ3v) is 6.96. The van der Waals surface area contributed by atoms with Crippen molar-refractivity contribution in [2.24, 2.45) is 0 Å². The van der Waals surface area contributed by atoms with Crippen molar-refractivity contribution in [1.82, 2.24) is 16.0 Å². The molecule has 5 heteroatoms. The van der Waals surface area contributed by atoms with Crippen LogP contribution in [0.2, 0.25) is 0 Å². The maximum Gasteiger partial charge on any atom is 0.225 e. The number of nitrogens with one attached hydrogen (secondary N) is 3. The summed E-state index contributed by atoms with van der Waals surface area (Å²) in [5, 5.41) is 11.7. The average molecular weight is 354 g/mol. The molecule has 3 N–H and O–H groups in total. The van der Waals surface area contributed by atoms with Crippen LogP contribution >= 0.6 is 0 Å². The molecular weight excluding hydrogens is 314 g/mol. The summed E-state index contributed by atoms with van der Waals surface area (Å²) in [6, 6.07) is 1.79. The molecule has 4 nitrogen and oxygen atoms in total. The lowest BCUT2D eigenvalue weighted by Crippen LogP contribution is -2.73. The molecular formula is C19H39N3OSi. The fourth-order valence-electron chi connectivity index (χ4n) is 4.90. The predicted molar refractivity (Wildman–Crippen MR) is 104 cm³/mol. The zero-order valence-electron chi connectivity index (χ0n) is 15.7. The number of hydrogen-bond acceptors (Lipinski definition) is 4. The van der Waals surface area contributed by atoms with Gasteiger partial charge in [0.05, 0.1) is 0 Å². The molecule has 0 radical (unpaired) electrons. The number of hydrogen-bond donors (Lipinski definition) is 3. The van der Waals surface area contributed by atoms with E-state index in [4.69, 9.17) is 4.43 Å². The zero-order valence-corrected chi connectivity index (χ0v) is 17.7. The molecule has 0 amide bonds. The van der Waals surface area contributed by atoms with Gasteiger partial charge in [-0.05, 0) is 38.5 Å². The fourth-order valence-corrected chi connectivity index (χ4v) is 5.26. The van der Waals surface area contributed by atoms with E-state index in [0.717, 1.165) is 10.5 Å². The van der Waals surface area contributed by atoms with Gasteiger partial charge >= 0.3 is 0 Å². The van der Waals surface area contributed by atoms with Gasteiger partial charge in [0.2, 0.25) is 5.97 Å². The van der Waals surface area contributed by atoms with Crippen LogP contribution < -0.4 is 16.0 Å². The highest BCUT2D eigenvalue weighted by molar-refractivity contribution is 5.98. The van der Waals surface area contributed by atoms with Crippen LogP contribution in [0.1, 0.15) is 96.3 Å². The lowest BCUT2D eigenvalue weighted by Gasteiger charge is -2.45. The van der Waals surface area contributed by atoms with E-state index >= 15 is 0 Å². The van der Waals surface area contributed by atoms with Gasteiger partial charge in [-0.15, -0.1) is 0 Å². The Hall–Kier alpha value is 0.0569. The summed E-state index contributed by atoms with van der Waals surface area (Å²) < 4.78 is 6.25. The van der Waals surface area contributed by atoms with Crippen molar-refractivity contribution < 1.29 is 4.43 Å². The van der Waals surface area contributed by atoms with Gasteiger partial charge in [-0.3, -0.25) is 16.0 Å². The van der Waals surface area contributed by atoms with E-state index in [1.165, 1.54) is 96.3 Å². The Kier molecular flexibility index (Phi) is 7.59. The van der Waals surface area contributed by atoms with Gasteiger partial charge in [0.25, 0.3) is 0 Å². The monoisotopic (exact) mass is 353 g/mol. The highest BCUT2D eigenvalue weighted by Crippen LogP contribution is 2.24. The summed E-state index contributed by atoms with van der Waals surface area (Å²) in [4.78, 5) is 0. The third-order valence-electron chi connectivity index (χ3n) is 6.34. The molecule has 24 heavy (non-hydrogen) atoms. The van der Waals surface area contributed by atoms with Crippen LogP contribution in [0.4, 0.5) is 0 Å². The van der Waals surface area contributed by atoms with E-state index < -0.39 is 5.97 Å². The largest absolute Gasteiger partial charge is 0.387 e. The Labute approximate surface area is 151 Å². The molecule has 0 aromatic carbocycles. The minimum atomic E-state index is -0.474. The van der Waals surface area contributed by atoms with Gasteiger partial charge in [0, 0.05) is 18.1 Å². The van der Waals surface area contributed by atoms with Crippen LogP contribution in [-0.4, -0.2) is 34.6 Å². The van der Waals surface area contributed by atoms with Crippen molar-refractivity contribution >= 4 is 10.5 Å². The topological polar surface area (TPSA) is 45.3 Å². The molecule has 0 heterocycles. The Bertz CT molecular complexity index is 300. The first-order valence-corrected chi connectivity index (χ1v) is 11.5. The summed E-state index contributed by atoms with van der Waals surface area (Å²) in [7, 11) is 0.749. The van der Waals surface area contributed by atoms with Gasteiger partial charge in [-0.2, -0.15) is 0 Å². The van der Waals surface area contributed by atoms with Gasteiger partial charge in [-0.1, -0.05) is 57.8 Å². The molecule has 0 aromatic heterocycles. The molecule has 3 aliphatic carbocycles. The lowest BCUT2D eigenvalue weighted by atomic mass is 9.93. The standard InChI is InChI=1S/C19H39N3OSi/c24-23-19(20-16-10-4-1-5-11-16,21-17-12-6-2-7-13-17)22-18-14-8-3-9-15-18/h16-18,20-22H,1-15H2,24H3. The lowest BCUT2D eigenvalue weighted by molar-refractivity contribution is -0.0659. The van der Waals surface area contributed by atoms with Crippen molar-refractivity contribution in [3.8, 4) is 0 Å². The molecule has 0 bridgehead atoms. The second kappa shape index (κ2) is 9.67. The molecule has 3 saturated carbocycles. The van der Waals surface area contributed by atoms with Crippen LogP contribution in [-0.2, 0) is 4.43 Å². The van der Waals surface area contributed by atoms with Gasteiger partial charge in [-0.25, -0.2) is 0 Å². The first kappa shape index (κ1) is 18.8. The summed E-state index contributed by atoms with van der Waals surface area (Å²) >= 11 is 0. The van der Waals surface area contributed by atoms with E-state index in [0.29, 0.717) is 18.1 Å². The number of rotatable bonds is 7. The average Bonchev–Trinajstić information content (AvgIpc) is 2.64. The summed E-state index contributed by atoms with van der Waals surface area (Å²) in [6.45, 7) is 0. The Morgan fingerprint density at radius 1 is 0.542 bits per heavy atom. The van der Waals surface area contributed by atoms with E-state index in [2.05, 4.69) is 16.0 Å². The van der Waals surface area contributed by atoms with Gasteiger partial charge in [0.15, 0.2) is 10.5 Å². The molecule has 0 atom stereocenters. The van der Waals surface area contributed by atoms with E-state index in [1.54, 1.807) is 0 Å². The molecule has 3 rings (SSSR count). The molecule has 3 fully saturated rings. The molecule has 0 aromatic rings. The van der Waals surface area contributed by atoms with Crippen LogP contribution in [0, 0.1) is 0 Å².